The summed E-state index contributed by atoms with van der Waals surface area (Å²) in [6.07, 6.45) is 2.81. The van der Waals surface area contributed by atoms with Crippen molar-refractivity contribution in [3.8, 4) is 0 Å². The highest BCUT2D eigenvalue weighted by Gasteiger charge is 2.32. The van der Waals surface area contributed by atoms with Crippen molar-refractivity contribution < 1.29 is 68.4 Å². The largest absolute Gasteiger partial charge is 0.481 e. The molecule has 7 atom stereocenters. The number of hydrogen-bond acceptors (Lipinski definition) is 14. The minimum Gasteiger partial charge on any atom is -0.481 e. The molecule has 25 heteroatoms. The number of imidazole rings is 1. The Morgan fingerprint density at radius 3 is 1.80 bits per heavy atom. The number of aromatic nitrogens is 2. The lowest BCUT2D eigenvalue weighted by atomic mass is 10.0. The molecule has 0 spiro atoms. The van der Waals surface area contributed by atoms with Gasteiger partial charge in [0.1, 0.15) is 36.3 Å². The Bertz CT molecular complexity index is 1650. The summed E-state index contributed by atoms with van der Waals surface area (Å²) in [6, 6.07) is -9.59. The second-order valence-electron chi connectivity index (χ2n) is 14.0. The number of nitrogens with one attached hydrogen (secondary N) is 8. The van der Waals surface area contributed by atoms with Crippen LogP contribution in [0.4, 0.5) is 0 Å². The molecule has 0 bridgehead atoms. The number of amides is 7. The molecule has 0 saturated carbocycles. The predicted molar refractivity (Wildman–Crippen MR) is 211 cm³/mol. The van der Waals surface area contributed by atoms with Gasteiger partial charge in [-0.1, -0.05) is 13.8 Å². The number of rotatable bonds is 29. The number of aliphatic hydroxyl groups excluding tert-OH is 1. The van der Waals surface area contributed by atoms with Crippen LogP contribution < -0.4 is 43.0 Å². The number of H-pyrrole nitrogens is 1. The maximum atomic E-state index is 13.5. The fourth-order valence-corrected chi connectivity index (χ4v) is 5.67. The van der Waals surface area contributed by atoms with E-state index >= 15 is 0 Å². The van der Waals surface area contributed by atoms with Crippen LogP contribution in [-0.2, 0) is 54.4 Å². The molecule has 0 unspecified atom stereocenters. The van der Waals surface area contributed by atoms with E-state index in [0.717, 1.165) is 0 Å². The van der Waals surface area contributed by atoms with E-state index in [9.17, 15) is 58.2 Å². The van der Waals surface area contributed by atoms with Gasteiger partial charge < -0.3 is 68.4 Å². The predicted octanol–water partition coefficient (Wildman–Crippen LogP) is -4.07. The third-order valence-corrected chi connectivity index (χ3v) is 9.12. The molecular weight excluding hydrogens is 817 g/mol. The Labute approximate surface area is 349 Å². The van der Waals surface area contributed by atoms with E-state index in [0.29, 0.717) is 11.4 Å². The van der Waals surface area contributed by atoms with Crippen molar-refractivity contribution in [3.63, 3.8) is 0 Å². The molecule has 24 nitrogen and oxygen atoms in total. The summed E-state index contributed by atoms with van der Waals surface area (Å²) >= 11 is 1.35. The van der Waals surface area contributed by atoms with E-state index in [4.69, 9.17) is 15.9 Å². The van der Waals surface area contributed by atoms with Crippen molar-refractivity contribution in [2.75, 3.05) is 25.2 Å². The summed E-state index contributed by atoms with van der Waals surface area (Å²) in [5.41, 5.74) is 6.12. The van der Waals surface area contributed by atoms with E-state index in [1.54, 1.807) is 20.1 Å². The first kappa shape index (κ1) is 52.2. The Balaban J connectivity index is 2.93. The minimum atomic E-state index is -1.59. The van der Waals surface area contributed by atoms with Gasteiger partial charge in [-0.15, -0.1) is 0 Å². The highest BCUT2D eigenvalue weighted by Crippen LogP contribution is 2.09. The van der Waals surface area contributed by atoms with E-state index in [-0.39, 0.29) is 38.0 Å². The molecule has 0 aliphatic heterocycles. The van der Waals surface area contributed by atoms with Crippen LogP contribution in [0.25, 0.3) is 0 Å². The van der Waals surface area contributed by atoms with E-state index in [1.807, 2.05) is 0 Å². The van der Waals surface area contributed by atoms with E-state index < -0.39 is 128 Å². The zero-order valence-electron chi connectivity index (χ0n) is 33.6. The van der Waals surface area contributed by atoms with Crippen LogP contribution in [0, 0.1) is 5.92 Å². The van der Waals surface area contributed by atoms with Crippen LogP contribution in [-0.4, -0.2) is 157 Å². The minimum absolute atomic E-state index is 0.0559. The van der Waals surface area contributed by atoms with Crippen molar-refractivity contribution in [1.82, 2.24) is 47.2 Å². The Hall–Kier alpha value is -5.82. The van der Waals surface area contributed by atoms with Crippen LogP contribution in [0.15, 0.2) is 12.5 Å². The molecule has 0 aromatic carbocycles. The van der Waals surface area contributed by atoms with Crippen LogP contribution in [0.5, 0.6) is 0 Å². The lowest BCUT2D eigenvalue weighted by Crippen LogP contribution is -2.59. The smallest absolute Gasteiger partial charge is 0.326 e. The molecule has 0 fully saturated rings. The maximum Gasteiger partial charge on any atom is 0.326 e. The highest BCUT2D eigenvalue weighted by atomic mass is 32.2. The van der Waals surface area contributed by atoms with Crippen LogP contribution in [0.2, 0.25) is 0 Å². The number of carboxylic acid groups (broad SMARTS) is 3. The molecule has 0 radical (unpaired) electrons. The average molecular weight is 873 g/mol. The molecule has 1 heterocycles. The molecular formula is C35H56N10O14S. The number of nitrogens with zero attached hydrogens (tertiary/aromatic N) is 1. The number of carbonyl (C=O) groups excluding carboxylic acids is 7. The molecule has 1 aromatic rings. The van der Waals surface area contributed by atoms with Crippen molar-refractivity contribution in [2.24, 2.45) is 11.7 Å². The normalized spacial score (nSPS) is 14.4. The van der Waals surface area contributed by atoms with E-state index in [1.165, 1.54) is 31.2 Å². The molecule has 0 aliphatic rings. The van der Waals surface area contributed by atoms with Crippen molar-refractivity contribution in [2.45, 2.75) is 108 Å². The Morgan fingerprint density at radius 1 is 0.700 bits per heavy atom. The number of carbonyl (C=O) groups is 10. The molecule has 60 heavy (non-hydrogen) atoms. The molecule has 0 aliphatic carbocycles. The Morgan fingerprint density at radius 2 is 1.25 bits per heavy atom. The second-order valence-corrected chi connectivity index (χ2v) is 15.0. The van der Waals surface area contributed by atoms with Gasteiger partial charge in [0.15, 0.2) is 0 Å². The molecule has 0 saturated heterocycles. The first-order valence-electron chi connectivity index (χ1n) is 18.8. The van der Waals surface area contributed by atoms with Crippen molar-refractivity contribution >= 4 is 71.0 Å². The third kappa shape index (κ3) is 20.2. The number of aliphatic carboxylic acids is 3. The van der Waals surface area contributed by atoms with Gasteiger partial charge in [0, 0.05) is 31.2 Å². The highest BCUT2D eigenvalue weighted by molar-refractivity contribution is 7.98. The summed E-state index contributed by atoms with van der Waals surface area (Å²) in [5.74, 6) is -9.91. The summed E-state index contributed by atoms with van der Waals surface area (Å²) in [7, 11) is 0. The number of hydrogen-bond donors (Lipinski definition) is 13. The first-order valence-corrected chi connectivity index (χ1v) is 20.2. The zero-order valence-corrected chi connectivity index (χ0v) is 34.5. The van der Waals surface area contributed by atoms with Gasteiger partial charge >= 0.3 is 17.9 Å². The van der Waals surface area contributed by atoms with Gasteiger partial charge in [-0.3, -0.25) is 43.2 Å². The average Bonchev–Trinajstić information content (AvgIpc) is 3.69. The van der Waals surface area contributed by atoms with Gasteiger partial charge in [-0.25, -0.2) is 9.78 Å². The zero-order chi connectivity index (χ0) is 45.5. The van der Waals surface area contributed by atoms with Gasteiger partial charge in [0.25, 0.3) is 0 Å². The lowest BCUT2D eigenvalue weighted by Gasteiger charge is -2.25. The molecule has 7 amide bonds. The SMILES string of the molecule is CSCC[C@H](NC(=O)[C@@H](N)CCC(=O)O)C(=O)N[C@@H](CO)C(=O)N[C@@H](C)C(=O)NCC(=O)N[C@@H](CC(C)C)C(=O)N[C@@H](Cc1cnc[nH]1)C(=O)N[C@@H](CCC(=O)O)C(=O)O. The molecule has 1 aromatic heterocycles. The summed E-state index contributed by atoms with van der Waals surface area (Å²) < 4.78 is 0. The van der Waals surface area contributed by atoms with Gasteiger partial charge in [0.2, 0.25) is 41.4 Å². The van der Waals surface area contributed by atoms with Crippen molar-refractivity contribution in [3.05, 3.63) is 18.2 Å². The number of nitrogens with two attached hydrogens (primary N) is 1. The second kappa shape index (κ2) is 27.0. The molecule has 14 N–H and O–H groups in total. The van der Waals surface area contributed by atoms with Gasteiger partial charge in [-0.05, 0) is 50.5 Å². The standard InChI is InChI=1S/C35H56N10O14S/c1-17(2)11-23(32(55)44-24(12-19-13-37-16-39-19)33(56)43-22(35(58)59)6-8-28(50)51)41-26(47)14-38-29(52)18(3)40-34(57)25(15-46)45-31(54)21(9-10-60-4)42-30(53)20(36)5-7-27(48)49/h13,16-18,20-25,46H,5-12,14-15,36H2,1-4H3,(H,37,39)(H,38,52)(H,40,57)(H,41,47)(H,42,53)(H,43,56)(H,44,55)(H,45,54)(H,48,49)(H,50,51)(H,58,59)/t18-,20-,21-,22-,23-,24-,25-/m0/s1. The quantitative estimate of drug-likeness (QED) is 0.0364. The topological polar surface area (TPSA) is 391 Å². The van der Waals surface area contributed by atoms with Crippen LogP contribution in [0.3, 0.4) is 0 Å². The first-order chi connectivity index (χ1) is 28.2. The van der Waals surface area contributed by atoms with Gasteiger partial charge in [0.05, 0.1) is 25.5 Å². The van der Waals surface area contributed by atoms with Crippen molar-refractivity contribution in [1.29, 1.82) is 0 Å². The van der Waals surface area contributed by atoms with Crippen LogP contribution >= 0.6 is 11.8 Å². The van der Waals surface area contributed by atoms with Crippen LogP contribution in [0.1, 0.15) is 65.0 Å². The molecule has 336 valence electrons. The summed E-state index contributed by atoms with van der Waals surface area (Å²) in [6.45, 7) is 3.14. The molecule has 1 rings (SSSR count). The maximum absolute atomic E-state index is 13.5. The Kier molecular flexibility index (Phi) is 23.5. The summed E-state index contributed by atoms with van der Waals surface area (Å²) in [4.78, 5) is 131. The van der Waals surface area contributed by atoms with E-state index in [2.05, 4.69) is 47.2 Å². The fourth-order valence-electron chi connectivity index (χ4n) is 5.20. The fraction of sp³-hybridized carbons (Fsp3) is 0.629. The lowest BCUT2D eigenvalue weighted by molar-refractivity contribution is -0.143. The third-order valence-electron chi connectivity index (χ3n) is 8.47. The monoisotopic (exact) mass is 872 g/mol. The number of thioether (sulfide) groups is 1. The summed E-state index contributed by atoms with van der Waals surface area (Å²) in [5, 5.41) is 53.7. The number of aromatic amines is 1. The number of aliphatic hydroxyl groups is 1. The van der Waals surface area contributed by atoms with Gasteiger partial charge in [-0.2, -0.15) is 11.8 Å². The number of carboxylic acids is 3.